The molecule has 0 heterocycles. The Bertz CT molecular complexity index is 1110. The Kier molecular flexibility index (Phi) is 13.3. The number of nitrogens with zero attached hydrogens (tertiary/aromatic N) is 1. The predicted octanol–water partition coefficient (Wildman–Crippen LogP) is 3.86. The van der Waals surface area contributed by atoms with Crippen molar-refractivity contribution in [2.24, 2.45) is 4.99 Å². The van der Waals surface area contributed by atoms with E-state index in [1.165, 1.54) is 42.5 Å². The van der Waals surface area contributed by atoms with Gasteiger partial charge in [-0.05, 0) is 61.4 Å². The number of nitrogens with one attached hydrogen (secondary N) is 2. The minimum absolute atomic E-state index is 0.170. The normalized spacial score (nSPS) is 11.2. The van der Waals surface area contributed by atoms with Crippen LogP contribution in [0, 0.1) is 0 Å². The zero-order valence-corrected chi connectivity index (χ0v) is 21.3. The molecular formula is C23H34N4O5S2. The number of carbonyl (C=O) groups excluding carboxylic acids is 1. The molecule has 0 saturated carbocycles. The highest BCUT2D eigenvalue weighted by molar-refractivity contribution is 7.89. The van der Waals surface area contributed by atoms with E-state index >= 15 is 0 Å². The molecule has 0 aliphatic rings. The second kappa shape index (κ2) is 15.4. The lowest BCUT2D eigenvalue weighted by Gasteiger charge is -2.06. The predicted molar refractivity (Wildman–Crippen MR) is 135 cm³/mol. The fraction of sp³-hybridized carbons (Fsp3) is 0.435. The SMILES string of the molecule is CCCCCNS(=O)(=O)c1ccc(N)cc1.CCCCCNS(=O)(=O)c1ccc(N=C=O)cc1. The molecule has 2 aromatic carbocycles. The number of hydrogen-bond donors (Lipinski definition) is 3. The minimum Gasteiger partial charge on any atom is -0.399 e. The fourth-order valence-corrected chi connectivity index (χ4v) is 4.88. The Morgan fingerprint density at radius 1 is 0.735 bits per heavy atom. The lowest BCUT2D eigenvalue weighted by atomic mass is 10.3. The number of isocyanates is 1. The summed E-state index contributed by atoms with van der Waals surface area (Å²) in [7, 11) is -6.83. The van der Waals surface area contributed by atoms with E-state index in [0.717, 1.165) is 38.5 Å². The smallest absolute Gasteiger partial charge is 0.240 e. The number of aliphatic imine (C=N–C) groups is 1. The third-order valence-corrected chi connectivity index (χ3v) is 7.61. The van der Waals surface area contributed by atoms with Crippen LogP contribution in [-0.4, -0.2) is 36.0 Å². The molecule has 0 saturated heterocycles. The zero-order valence-electron chi connectivity index (χ0n) is 19.7. The molecule has 9 nitrogen and oxygen atoms in total. The first kappa shape index (κ1) is 29.5. The fourth-order valence-electron chi connectivity index (χ4n) is 2.73. The van der Waals surface area contributed by atoms with Gasteiger partial charge in [-0.25, -0.2) is 31.1 Å². The molecule has 0 bridgehead atoms. The number of benzene rings is 2. The van der Waals surface area contributed by atoms with Gasteiger partial charge in [0, 0.05) is 18.8 Å². The van der Waals surface area contributed by atoms with Gasteiger partial charge in [-0.3, -0.25) is 0 Å². The van der Waals surface area contributed by atoms with Gasteiger partial charge in [0.1, 0.15) is 0 Å². The first-order valence-corrected chi connectivity index (χ1v) is 14.2. The number of rotatable bonds is 13. The van der Waals surface area contributed by atoms with Crippen molar-refractivity contribution in [1.82, 2.24) is 9.44 Å². The molecule has 34 heavy (non-hydrogen) atoms. The third-order valence-electron chi connectivity index (χ3n) is 4.66. The van der Waals surface area contributed by atoms with Gasteiger partial charge < -0.3 is 5.73 Å². The minimum atomic E-state index is -3.46. The molecule has 0 radical (unpaired) electrons. The molecule has 0 aliphatic heterocycles. The average molecular weight is 511 g/mol. The van der Waals surface area contributed by atoms with E-state index in [0.29, 0.717) is 24.5 Å². The Labute approximate surface area is 203 Å². The summed E-state index contributed by atoms with van der Waals surface area (Å²) in [6.45, 7) is 5.06. The summed E-state index contributed by atoms with van der Waals surface area (Å²) in [6.07, 6.45) is 7.23. The summed E-state index contributed by atoms with van der Waals surface area (Å²) in [6, 6.07) is 11.9. The highest BCUT2D eigenvalue weighted by Crippen LogP contribution is 2.16. The zero-order chi connectivity index (χ0) is 25.5. The second-order valence-electron chi connectivity index (χ2n) is 7.48. The van der Waals surface area contributed by atoms with Crippen molar-refractivity contribution in [2.75, 3.05) is 18.8 Å². The summed E-state index contributed by atoms with van der Waals surface area (Å²) in [4.78, 5) is 13.9. The molecule has 0 aromatic heterocycles. The molecule has 0 aliphatic carbocycles. The number of anilines is 1. The number of sulfonamides is 2. The quantitative estimate of drug-likeness (QED) is 0.161. The largest absolute Gasteiger partial charge is 0.399 e. The summed E-state index contributed by atoms with van der Waals surface area (Å²) >= 11 is 0. The molecule has 0 spiro atoms. The van der Waals surface area contributed by atoms with Crippen molar-refractivity contribution in [2.45, 2.75) is 62.2 Å². The lowest BCUT2D eigenvalue weighted by Crippen LogP contribution is -2.24. The first-order valence-electron chi connectivity index (χ1n) is 11.2. The van der Waals surface area contributed by atoms with E-state index < -0.39 is 20.0 Å². The number of nitrogen functional groups attached to an aromatic ring is 1. The van der Waals surface area contributed by atoms with Gasteiger partial charge in [0.2, 0.25) is 26.1 Å². The van der Waals surface area contributed by atoms with Gasteiger partial charge in [0.05, 0.1) is 15.5 Å². The number of unbranched alkanes of at least 4 members (excludes halogenated alkanes) is 4. The van der Waals surface area contributed by atoms with E-state index in [-0.39, 0.29) is 9.79 Å². The van der Waals surface area contributed by atoms with Crippen molar-refractivity contribution in [1.29, 1.82) is 0 Å². The van der Waals surface area contributed by atoms with Crippen LogP contribution < -0.4 is 15.2 Å². The maximum atomic E-state index is 11.8. The van der Waals surface area contributed by atoms with Crippen LogP contribution in [0.2, 0.25) is 0 Å². The van der Waals surface area contributed by atoms with Gasteiger partial charge in [-0.15, -0.1) is 0 Å². The Morgan fingerprint density at radius 3 is 1.53 bits per heavy atom. The molecule has 0 fully saturated rings. The lowest BCUT2D eigenvalue weighted by molar-refractivity contribution is 0.565. The number of nitrogens with two attached hydrogens (primary N) is 1. The molecule has 11 heteroatoms. The number of hydrogen-bond acceptors (Lipinski definition) is 7. The van der Waals surface area contributed by atoms with Crippen LogP contribution in [0.3, 0.4) is 0 Å². The summed E-state index contributed by atoms with van der Waals surface area (Å²) in [5, 5.41) is 0. The van der Waals surface area contributed by atoms with Crippen LogP contribution in [0.1, 0.15) is 52.4 Å². The van der Waals surface area contributed by atoms with E-state index in [4.69, 9.17) is 5.73 Å². The van der Waals surface area contributed by atoms with Crippen molar-refractivity contribution in [3.05, 3.63) is 48.5 Å². The van der Waals surface area contributed by atoms with E-state index in [9.17, 15) is 21.6 Å². The van der Waals surface area contributed by atoms with Gasteiger partial charge in [0.25, 0.3) is 0 Å². The van der Waals surface area contributed by atoms with Crippen LogP contribution in [0.25, 0.3) is 0 Å². The Hall–Kier alpha value is -2.56. The van der Waals surface area contributed by atoms with Gasteiger partial charge in [-0.1, -0.05) is 39.5 Å². The standard InChI is InChI=1S/C12H16N2O3S.C11H18N2O2S/c1-2-3-4-9-14-18(16,17)12-7-5-11(6-8-12)13-10-15;1-2-3-4-9-13-16(14,15)11-7-5-10(12)6-8-11/h5-8,14H,2-4,9H2,1H3;5-8,13H,2-4,9,12H2,1H3. The van der Waals surface area contributed by atoms with E-state index in [1.54, 1.807) is 12.1 Å². The molecule has 4 N–H and O–H groups in total. The molecular weight excluding hydrogens is 476 g/mol. The summed E-state index contributed by atoms with van der Waals surface area (Å²) < 4.78 is 52.3. The maximum Gasteiger partial charge on any atom is 0.240 e. The molecule has 2 rings (SSSR count). The molecule has 0 atom stereocenters. The van der Waals surface area contributed by atoms with Crippen molar-refractivity contribution < 1.29 is 21.6 Å². The second-order valence-corrected chi connectivity index (χ2v) is 11.0. The highest BCUT2D eigenvalue weighted by atomic mass is 32.2. The monoisotopic (exact) mass is 510 g/mol. The van der Waals surface area contributed by atoms with Crippen LogP contribution in [0.15, 0.2) is 63.3 Å². The Balaban J connectivity index is 0.000000342. The van der Waals surface area contributed by atoms with E-state index in [1.807, 2.05) is 0 Å². The van der Waals surface area contributed by atoms with Gasteiger partial charge >= 0.3 is 0 Å². The molecule has 188 valence electrons. The summed E-state index contributed by atoms with van der Waals surface area (Å²) in [5.74, 6) is 0. The molecule has 0 unspecified atom stereocenters. The highest BCUT2D eigenvalue weighted by Gasteiger charge is 2.13. The van der Waals surface area contributed by atoms with Crippen LogP contribution >= 0.6 is 0 Å². The van der Waals surface area contributed by atoms with Crippen LogP contribution in [0.4, 0.5) is 11.4 Å². The van der Waals surface area contributed by atoms with Gasteiger partial charge in [0.15, 0.2) is 0 Å². The molecule has 0 amide bonds. The van der Waals surface area contributed by atoms with E-state index in [2.05, 4.69) is 28.3 Å². The van der Waals surface area contributed by atoms with Crippen molar-refractivity contribution in [3.63, 3.8) is 0 Å². The molecule has 2 aromatic rings. The Morgan fingerprint density at radius 2 is 1.15 bits per heavy atom. The van der Waals surface area contributed by atoms with Gasteiger partial charge in [-0.2, -0.15) is 4.99 Å². The van der Waals surface area contributed by atoms with Crippen molar-refractivity contribution in [3.8, 4) is 0 Å². The summed E-state index contributed by atoms with van der Waals surface area (Å²) in [5.41, 5.74) is 6.44. The average Bonchev–Trinajstić information content (AvgIpc) is 2.81. The van der Waals surface area contributed by atoms with Crippen LogP contribution in [-0.2, 0) is 24.8 Å². The van der Waals surface area contributed by atoms with Crippen LogP contribution in [0.5, 0.6) is 0 Å². The first-order chi connectivity index (χ1) is 16.2. The topological polar surface area (TPSA) is 148 Å². The van der Waals surface area contributed by atoms with Crippen molar-refractivity contribution >= 4 is 37.5 Å². The third kappa shape index (κ3) is 11.0. The maximum absolute atomic E-state index is 11.8.